The van der Waals surface area contributed by atoms with E-state index in [4.69, 9.17) is 0 Å². The quantitative estimate of drug-likeness (QED) is 0.173. The predicted octanol–water partition coefficient (Wildman–Crippen LogP) is 7.26. The SMILES string of the molecule is CC.CC.CI.[CH2-]c1ccc(Cc2cc[c-]cc2)cc1.[CH3-].[CH3-].[V+2].[W].[Y]. The third-order valence-electron chi connectivity index (χ3n) is 2.22. The fraction of sp³-hybridized carbons (Fsp3) is 0.286. The summed E-state index contributed by atoms with van der Waals surface area (Å²) in [6, 6.07) is 19.4. The number of rotatable bonds is 2. The monoisotopic (exact) mass is 736 g/mol. The Hall–Kier alpha value is 1.42. The summed E-state index contributed by atoms with van der Waals surface area (Å²) in [7, 11) is 0. The predicted molar refractivity (Wildman–Crippen MR) is 114 cm³/mol. The van der Waals surface area contributed by atoms with Crippen molar-refractivity contribution in [2.24, 2.45) is 0 Å². The molecular weight excluding hydrogens is 703 g/mol. The molecule has 2 aromatic carbocycles. The molecule has 0 spiro atoms. The van der Waals surface area contributed by atoms with Gasteiger partial charge in [-0.15, -0.1) is 12.1 Å². The van der Waals surface area contributed by atoms with Crippen LogP contribution in [0.5, 0.6) is 0 Å². The van der Waals surface area contributed by atoms with Crippen molar-refractivity contribution in [3.05, 3.63) is 93.1 Å². The Balaban J connectivity index is -0.0000000538. The van der Waals surface area contributed by atoms with Gasteiger partial charge < -0.3 is 14.9 Å². The summed E-state index contributed by atoms with van der Waals surface area (Å²) in [5.41, 5.74) is 3.71. The molecule has 2 aromatic rings. The first-order chi connectivity index (χ1) is 9.84. The molecule has 0 heterocycles. The average Bonchev–Trinajstić information content (AvgIpc) is 2.56. The van der Waals surface area contributed by atoms with Gasteiger partial charge in [0.1, 0.15) is 0 Å². The third kappa shape index (κ3) is 25.4. The molecular formula is C21H33IVWY-2. The topological polar surface area (TPSA) is 0 Å². The molecule has 0 bridgehead atoms. The summed E-state index contributed by atoms with van der Waals surface area (Å²) in [6.45, 7) is 11.9. The van der Waals surface area contributed by atoms with Crippen molar-refractivity contribution in [1.82, 2.24) is 0 Å². The summed E-state index contributed by atoms with van der Waals surface area (Å²) in [4.78, 5) is 1.97. The zero-order chi connectivity index (χ0) is 15.8. The summed E-state index contributed by atoms with van der Waals surface area (Å²) < 4.78 is 0. The number of hydrogen-bond donors (Lipinski definition) is 0. The second kappa shape index (κ2) is 36.4. The second-order valence-corrected chi connectivity index (χ2v) is 3.40. The van der Waals surface area contributed by atoms with E-state index in [2.05, 4.69) is 59.8 Å². The number of hydrogen-bond acceptors (Lipinski definition) is 0. The Labute approximate surface area is 224 Å². The van der Waals surface area contributed by atoms with Crippen LogP contribution < -0.4 is 0 Å². The van der Waals surface area contributed by atoms with Gasteiger partial charge >= 0.3 is 18.6 Å². The zero-order valence-corrected chi connectivity index (χ0v) is 26.2. The van der Waals surface area contributed by atoms with E-state index in [1.807, 2.05) is 56.9 Å². The molecule has 0 fully saturated rings. The standard InChI is InChI=1S/C14H12.2C2H6.CH3I.2CH3.V.W.Y/c1-12-7-9-14(10-8-12)11-13-5-3-2-4-6-13;3*1-2;;;;;/h3-10H,1,11H2;2*1-2H3;1H3;2*1H3;;;/q-2;;;;2*-1;+2;;. The molecule has 0 nitrogen and oxygen atoms in total. The van der Waals surface area contributed by atoms with E-state index < -0.39 is 0 Å². The largest absolute Gasteiger partial charge is 2.00 e. The average molecular weight is 736 g/mol. The fourth-order valence-electron chi connectivity index (χ4n) is 1.43. The van der Waals surface area contributed by atoms with E-state index in [9.17, 15) is 0 Å². The summed E-state index contributed by atoms with van der Waals surface area (Å²) >= 11 is 2.15. The van der Waals surface area contributed by atoms with Gasteiger partial charge in [0.25, 0.3) is 0 Å². The maximum absolute atomic E-state index is 3.86. The Morgan fingerprint density at radius 1 is 0.800 bits per heavy atom. The van der Waals surface area contributed by atoms with Crippen molar-refractivity contribution >= 4 is 22.6 Å². The van der Waals surface area contributed by atoms with Crippen molar-refractivity contribution < 1.29 is 72.3 Å². The molecule has 0 aliphatic carbocycles. The first-order valence-corrected chi connectivity index (χ1v) is 9.24. The molecule has 2 rings (SSSR count). The Morgan fingerprint density at radius 2 is 1.12 bits per heavy atom. The first-order valence-electron chi connectivity index (χ1n) is 7.08. The third-order valence-corrected chi connectivity index (χ3v) is 2.22. The summed E-state index contributed by atoms with van der Waals surface area (Å²) in [5, 5.41) is 0. The van der Waals surface area contributed by atoms with E-state index in [1.165, 1.54) is 11.1 Å². The van der Waals surface area contributed by atoms with Crippen molar-refractivity contribution in [1.29, 1.82) is 0 Å². The van der Waals surface area contributed by atoms with Crippen LogP contribution in [0.1, 0.15) is 44.4 Å². The van der Waals surface area contributed by atoms with Crippen LogP contribution in [0.4, 0.5) is 0 Å². The van der Waals surface area contributed by atoms with Crippen LogP contribution in [0.25, 0.3) is 0 Å². The van der Waals surface area contributed by atoms with Gasteiger partial charge in [0.2, 0.25) is 0 Å². The molecule has 0 aromatic heterocycles. The molecule has 0 unspecified atom stereocenters. The Kier molecular flexibility index (Phi) is 65.8. The Bertz CT molecular complexity index is 408. The van der Waals surface area contributed by atoms with Crippen LogP contribution in [-0.2, 0) is 78.8 Å². The van der Waals surface area contributed by atoms with Crippen LogP contribution in [0.2, 0.25) is 0 Å². The minimum absolute atomic E-state index is 0. The number of halogens is 1. The van der Waals surface area contributed by atoms with Crippen LogP contribution in [0, 0.1) is 27.8 Å². The van der Waals surface area contributed by atoms with Gasteiger partial charge in [-0.05, 0) is 11.4 Å². The van der Waals surface area contributed by atoms with E-state index in [-0.39, 0.29) is 87.2 Å². The maximum Gasteiger partial charge on any atom is 2.00 e. The molecule has 0 saturated carbocycles. The molecule has 0 saturated heterocycles. The molecule has 2 radical (unpaired) electrons. The van der Waals surface area contributed by atoms with Gasteiger partial charge in [0.05, 0.1) is 0 Å². The van der Waals surface area contributed by atoms with Crippen LogP contribution in [0.15, 0.2) is 48.5 Å². The molecule has 0 aliphatic rings. The van der Waals surface area contributed by atoms with Gasteiger partial charge in [0.15, 0.2) is 0 Å². The van der Waals surface area contributed by atoms with Crippen molar-refractivity contribution in [3.63, 3.8) is 0 Å². The molecule has 25 heavy (non-hydrogen) atoms. The van der Waals surface area contributed by atoms with Gasteiger partial charge in [-0.3, -0.25) is 0 Å². The van der Waals surface area contributed by atoms with Gasteiger partial charge in [-0.2, -0.15) is 60.5 Å². The van der Waals surface area contributed by atoms with E-state index >= 15 is 0 Å². The number of benzene rings is 2. The second-order valence-electron chi connectivity index (χ2n) is 3.40. The molecule has 4 heteroatoms. The summed E-state index contributed by atoms with van der Waals surface area (Å²) in [5.74, 6) is 0. The first kappa shape index (κ1) is 45.3. The molecule has 140 valence electrons. The molecule has 0 atom stereocenters. The molecule has 0 amide bonds. The van der Waals surface area contributed by atoms with Crippen LogP contribution in [-0.4, -0.2) is 4.93 Å². The smallest absolute Gasteiger partial charge is 0.358 e. The van der Waals surface area contributed by atoms with Crippen molar-refractivity contribution in [3.8, 4) is 0 Å². The van der Waals surface area contributed by atoms with Crippen LogP contribution in [0.3, 0.4) is 0 Å². The Morgan fingerprint density at radius 3 is 1.48 bits per heavy atom. The van der Waals surface area contributed by atoms with Crippen LogP contribution >= 0.6 is 22.6 Å². The minimum Gasteiger partial charge on any atom is -0.358 e. The van der Waals surface area contributed by atoms with Crippen molar-refractivity contribution in [2.75, 3.05) is 4.93 Å². The van der Waals surface area contributed by atoms with E-state index in [0.29, 0.717) is 0 Å². The molecule has 0 N–H and O–H groups in total. The zero-order valence-electron chi connectivity index (χ0n) is 16.8. The van der Waals surface area contributed by atoms with Gasteiger partial charge in [-0.1, -0.05) is 55.8 Å². The normalized spacial score (nSPS) is 6.32. The summed E-state index contributed by atoms with van der Waals surface area (Å²) in [6.07, 6.45) is 0.981. The fourth-order valence-corrected chi connectivity index (χ4v) is 1.43. The van der Waals surface area contributed by atoms with Gasteiger partial charge in [-0.25, -0.2) is 0 Å². The molecule has 0 aliphatic heterocycles. The minimum atomic E-state index is 0. The maximum atomic E-state index is 3.86. The van der Waals surface area contributed by atoms with E-state index in [1.54, 1.807) is 0 Å². The van der Waals surface area contributed by atoms with Gasteiger partial charge in [0, 0.05) is 53.8 Å². The van der Waals surface area contributed by atoms with Crippen molar-refractivity contribution in [2.45, 2.75) is 34.1 Å². The number of alkyl halides is 1. The van der Waals surface area contributed by atoms with E-state index in [0.717, 1.165) is 12.0 Å².